The van der Waals surface area contributed by atoms with E-state index in [2.05, 4.69) is 31.2 Å². The standard InChI is InChI=1S/C13H13BrN4O2/c1-9-16-3-2-12(17-9)8-15-7-10-4-11(14)6-13(5-10)18(19)20/h2-6,15H,7-8H2,1H3. The Morgan fingerprint density at radius 2 is 2.15 bits per heavy atom. The smallest absolute Gasteiger partial charge is 0.270 e. The third-order valence-corrected chi connectivity index (χ3v) is 3.08. The Morgan fingerprint density at radius 1 is 1.35 bits per heavy atom. The van der Waals surface area contributed by atoms with Crippen LogP contribution < -0.4 is 5.32 Å². The van der Waals surface area contributed by atoms with E-state index >= 15 is 0 Å². The van der Waals surface area contributed by atoms with Crippen molar-refractivity contribution in [3.8, 4) is 0 Å². The predicted molar refractivity (Wildman–Crippen MR) is 78.1 cm³/mol. The van der Waals surface area contributed by atoms with E-state index in [-0.39, 0.29) is 5.69 Å². The van der Waals surface area contributed by atoms with Crippen molar-refractivity contribution >= 4 is 21.6 Å². The topological polar surface area (TPSA) is 81.0 Å². The average Bonchev–Trinajstić information content (AvgIpc) is 2.38. The van der Waals surface area contributed by atoms with Gasteiger partial charge in [0.05, 0.1) is 10.6 Å². The van der Waals surface area contributed by atoms with Crippen molar-refractivity contribution in [2.45, 2.75) is 20.0 Å². The molecule has 104 valence electrons. The Labute approximate surface area is 124 Å². The quantitative estimate of drug-likeness (QED) is 0.670. The molecule has 0 amide bonds. The summed E-state index contributed by atoms with van der Waals surface area (Å²) in [7, 11) is 0. The highest BCUT2D eigenvalue weighted by molar-refractivity contribution is 9.10. The molecule has 1 N–H and O–H groups in total. The molecule has 0 aliphatic carbocycles. The van der Waals surface area contributed by atoms with Gasteiger partial charge in [0.2, 0.25) is 0 Å². The van der Waals surface area contributed by atoms with E-state index in [0.717, 1.165) is 17.1 Å². The Balaban J connectivity index is 1.99. The first-order chi connectivity index (χ1) is 9.54. The summed E-state index contributed by atoms with van der Waals surface area (Å²) in [6, 6.07) is 6.73. The number of nitro groups is 1. The molecule has 0 atom stereocenters. The van der Waals surface area contributed by atoms with Crippen LogP contribution in [0.25, 0.3) is 0 Å². The number of benzene rings is 1. The second-order valence-electron chi connectivity index (χ2n) is 4.27. The van der Waals surface area contributed by atoms with Crippen molar-refractivity contribution in [1.29, 1.82) is 0 Å². The number of nitro benzene ring substituents is 1. The molecule has 1 aromatic carbocycles. The monoisotopic (exact) mass is 336 g/mol. The molecule has 1 heterocycles. The van der Waals surface area contributed by atoms with Crippen LogP contribution in [0.3, 0.4) is 0 Å². The molecule has 1 aromatic heterocycles. The zero-order valence-corrected chi connectivity index (χ0v) is 12.4. The van der Waals surface area contributed by atoms with Crippen LogP contribution in [0.1, 0.15) is 17.1 Å². The van der Waals surface area contributed by atoms with Crippen molar-refractivity contribution in [3.05, 3.63) is 62.1 Å². The lowest BCUT2D eigenvalue weighted by Crippen LogP contribution is -2.14. The predicted octanol–water partition coefficient (Wildman–Crippen LogP) is 2.75. The van der Waals surface area contributed by atoms with Gasteiger partial charge >= 0.3 is 0 Å². The summed E-state index contributed by atoms with van der Waals surface area (Å²) in [5.41, 5.74) is 1.81. The molecule has 0 aliphatic rings. The largest absolute Gasteiger partial charge is 0.307 e. The van der Waals surface area contributed by atoms with Crippen LogP contribution in [-0.4, -0.2) is 14.9 Å². The van der Waals surface area contributed by atoms with Crippen LogP contribution in [0.4, 0.5) is 5.69 Å². The van der Waals surface area contributed by atoms with E-state index in [9.17, 15) is 10.1 Å². The lowest BCUT2D eigenvalue weighted by molar-refractivity contribution is -0.385. The van der Waals surface area contributed by atoms with Gasteiger partial charge in [-0.15, -0.1) is 0 Å². The van der Waals surface area contributed by atoms with Gasteiger partial charge in [-0.3, -0.25) is 10.1 Å². The van der Waals surface area contributed by atoms with Gasteiger partial charge < -0.3 is 5.32 Å². The van der Waals surface area contributed by atoms with Gasteiger partial charge in [-0.2, -0.15) is 0 Å². The lowest BCUT2D eigenvalue weighted by atomic mass is 10.2. The van der Waals surface area contributed by atoms with E-state index in [1.165, 1.54) is 6.07 Å². The number of hydrogen-bond acceptors (Lipinski definition) is 5. The van der Waals surface area contributed by atoms with Gasteiger partial charge in [-0.25, -0.2) is 9.97 Å². The molecule has 0 fully saturated rings. The van der Waals surface area contributed by atoms with Crippen LogP contribution in [0, 0.1) is 17.0 Å². The minimum absolute atomic E-state index is 0.0778. The number of nitrogens with one attached hydrogen (secondary N) is 1. The zero-order valence-electron chi connectivity index (χ0n) is 10.8. The fourth-order valence-electron chi connectivity index (χ4n) is 1.78. The second-order valence-corrected chi connectivity index (χ2v) is 5.19. The summed E-state index contributed by atoms with van der Waals surface area (Å²) < 4.78 is 0.696. The maximum atomic E-state index is 10.8. The summed E-state index contributed by atoms with van der Waals surface area (Å²) in [6.07, 6.45) is 1.71. The summed E-state index contributed by atoms with van der Waals surface area (Å²) in [4.78, 5) is 18.7. The Kier molecular flexibility index (Phi) is 4.75. The number of aromatic nitrogens is 2. The van der Waals surface area contributed by atoms with Crippen molar-refractivity contribution < 1.29 is 4.92 Å². The van der Waals surface area contributed by atoms with Gasteiger partial charge in [-0.1, -0.05) is 15.9 Å². The number of non-ortho nitro benzene ring substituents is 1. The molecular weight excluding hydrogens is 324 g/mol. The Bertz CT molecular complexity index is 634. The first-order valence-electron chi connectivity index (χ1n) is 5.98. The lowest BCUT2D eigenvalue weighted by Gasteiger charge is -2.05. The molecule has 0 aliphatic heterocycles. The number of aryl methyl sites for hydroxylation is 1. The minimum atomic E-state index is -0.401. The molecule has 0 bridgehead atoms. The van der Waals surface area contributed by atoms with Crippen LogP contribution in [0.15, 0.2) is 34.9 Å². The average molecular weight is 337 g/mol. The Hall–Kier alpha value is -1.86. The van der Waals surface area contributed by atoms with E-state index in [1.54, 1.807) is 12.3 Å². The van der Waals surface area contributed by atoms with Crippen molar-refractivity contribution in [3.63, 3.8) is 0 Å². The fourth-order valence-corrected chi connectivity index (χ4v) is 2.31. The number of nitrogens with zero attached hydrogens (tertiary/aromatic N) is 3. The SMILES string of the molecule is Cc1nccc(CNCc2cc(Br)cc([N+](=O)[O-])c2)n1. The van der Waals surface area contributed by atoms with Crippen LogP contribution in [0.5, 0.6) is 0 Å². The first-order valence-corrected chi connectivity index (χ1v) is 6.77. The van der Waals surface area contributed by atoms with Crippen molar-refractivity contribution in [2.75, 3.05) is 0 Å². The van der Waals surface area contributed by atoms with E-state index in [1.807, 2.05) is 19.1 Å². The summed E-state index contributed by atoms with van der Waals surface area (Å²) >= 11 is 3.27. The third-order valence-electron chi connectivity index (χ3n) is 2.62. The number of hydrogen-bond donors (Lipinski definition) is 1. The maximum absolute atomic E-state index is 10.8. The fraction of sp³-hybridized carbons (Fsp3) is 0.231. The number of rotatable bonds is 5. The third kappa shape index (κ3) is 4.07. The highest BCUT2D eigenvalue weighted by Gasteiger charge is 2.08. The maximum Gasteiger partial charge on any atom is 0.270 e. The van der Waals surface area contributed by atoms with E-state index in [0.29, 0.717) is 17.6 Å². The molecule has 0 saturated carbocycles. The van der Waals surface area contributed by atoms with Crippen molar-refractivity contribution in [2.24, 2.45) is 0 Å². The zero-order chi connectivity index (χ0) is 14.5. The highest BCUT2D eigenvalue weighted by atomic mass is 79.9. The van der Waals surface area contributed by atoms with Crippen molar-refractivity contribution in [1.82, 2.24) is 15.3 Å². The molecule has 7 heteroatoms. The molecule has 6 nitrogen and oxygen atoms in total. The molecule has 0 radical (unpaired) electrons. The summed E-state index contributed by atoms with van der Waals surface area (Å²) in [5.74, 6) is 0.724. The van der Waals surface area contributed by atoms with Gasteiger partial charge in [0.15, 0.2) is 0 Å². The normalized spacial score (nSPS) is 10.5. The molecule has 0 saturated heterocycles. The van der Waals surface area contributed by atoms with Gasteiger partial charge in [-0.05, 0) is 24.6 Å². The van der Waals surface area contributed by atoms with E-state index in [4.69, 9.17) is 0 Å². The summed E-state index contributed by atoms with van der Waals surface area (Å²) in [6.45, 7) is 2.95. The number of halogens is 1. The molecule has 2 rings (SSSR count). The Morgan fingerprint density at radius 3 is 2.85 bits per heavy atom. The second kappa shape index (κ2) is 6.53. The molecular formula is C13H13BrN4O2. The van der Waals surface area contributed by atoms with E-state index < -0.39 is 4.92 Å². The van der Waals surface area contributed by atoms with Crippen LogP contribution in [-0.2, 0) is 13.1 Å². The summed E-state index contributed by atoms with van der Waals surface area (Å²) in [5, 5.41) is 14.0. The molecule has 2 aromatic rings. The first kappa shape index (κ1) is 14.5. The van der Waals surface area contributed by atoms with Gasteiger partial charge in [0, 0.05) is 35.9 Å². The minimum Gasteiger partial charge on any atom is -0.307 e. The van der Waals surface area contributed by atoms with Crippen LogP contribution in [0.2, 0.25) is 0 Å². The molecule has 0 spiro atoms. The molecule has 20 heavy (non-hydrogen) atoms. The molecule has 0 unspecified atom stereocenters. The van der Waals surface area contributed by atoms with Gasteiger partial charge in [0.1, 0.15) is 5.82 Å². The van der Waals surface area contributed by atoms with Gasteiger partial charge in [0.25, 0.3) is 5.69 Å². The van der Waals surface area contributed by atoms with Crippen LogP contribution >= 0.6 is 15.9 Å². The highest BCUT2D eigenvalue weighted by Crippen LogP contribution is 2.21.